The van der Waals surface area contributed by atoms with Gasteiger partial charge in [-0.1, -0.05) is 56.3 Å². The maximum atomic E-state index is 12.0. The van der Waals surface area contributed by atoms with Crippen LogP contribution in [-0.2, 0) is 16.6 Å². The van der Waals surface area contributed by atoms with E-state index in [1.807, 2.05) is 24.3 Å². The van der Waals surface area contributed by atoms with E-state index in [4.69, 9.17) is 0 Å². The van der Waals surface area contributed by atoms with Gasteiger partial charge in [0.2, 0.25) is 0 Å². The molecule has 2 aromatic carbocycles. The van der Waals surface area contributed by atoms with E-state index in [9.17, 15) is 8.42 Å². The summed E-state index contributed by atoms with van der Waals surface area (Å²) in [4.78, 5) is 2.41. The topological polar surface area (TPSA) is 70.6 Å². The van der Waals surface area contributed by atoms with Crippen molar-refractivity contribution in [1.82, 2.24) is 10.1 Å². The van der Waals surface area contributed by atoms with Crippen molar-refractivity contribution in [3.8, 4) is 0 Å². The summed E-state index contributed by atoms with van der Waals surface area (Å²) < 4.78 is 24.1. The highest BCUT2D eigenvalue weighted by Gasteiger charge is 2.11. The van der Waals surface area contributed by atoms with Crippen molar-refractivity contribution in [2.75, 3.05) is 0 Å². The number of hydrogen-bond acceptors (Lipinski definition) is 4. The predicted molar refractivity (Wildman–Crippen MR) is 102 cm³/mol. The van der Waals surface area contributed by atoms with Crippen molar-refractivity contribution in [2.24, 2.45) is 11.0 Å². The van der Waals surface area contributed by atoms with E-state index in [0.29, 0.717) is 12.0 Å². The number of hydrogen-bond donors (Lipinski definition) is 2. The molecular formula is C19H25N3O2S. The molecule has 25 heavy (non-hydrogen) atoms. The maximum absolute atomic E-state index is 12.0. The highest BCUT2D eigenvalue weighted by atomic mass is 32.2. The second kappa shape index (κ2) is 8.78. The van der Waals surface area contributed by atoms with E-state index < -0.39 is 10.0 Å². The van der Waals surface area contributed by atoms with Crippen LogP contribution in [-0.4, -0.2) is 20.7 Å². The average molecular weight is 359 g/mol. The lowest BCUT2D eigenvalue weighted by atomic mass is 10.1. The number of hydrazone groups is 1. The molecule has 0 fully saturated rings. The van der Waals surface area contributed by atoms with Crippen LogP contribution in [0.25, 0.3) is 0 Å². The van der Waals surface area contributed by atoms with E-state index in [2.05, 4.69) is 36.0 Å². The summed E-state index contributed by atoms with van der Waals surface area (Å²) in [6.45, 7) is 7.35. The normalized spacial score (nSPS) is 13.3. The van der Waals surface area contributed by atoms with Gasteiger partial charge in [0.1, 0.15) is 0 Å². The fourth-order valence-corrected chi connectivity index (χ4v) is 2.87. The van der Waals surface area contributed by atoms with Crippen LogP contribution in [0.15, 0.2) is 64.6 Å². The number of sulfonamides is 1. The quantitative estimate of drug-likeness (QED) is 0.562. The first-order valence-electron chi connectivity index (χ1n) is 8.31. The highest BCUT2D eigenvalue weighted by Crippen LogP contribution is 2.08. The van der Waals surface area contributed by atoms with E-state index >= 15 is 0 Å². The molecule has 5 nitrogen and oxygen atoms in total. The molecule has 0 saturated heterocycles. The Bertz CT molecular complexity index is 785. The van der Waals surface area contributed by atoms with E-state index in [1.54, 1.807) is 18.2 Å². The van der Waals surface area contributed by atoms with E-state index in [1.165, 1.54) is 23.9 Å². The van der Waals surface area contributed by atoms with Gasteiger partial charge in [-0.15, -0.1) is 0 Å². The van der Waals surface area contributed by atoms with Gasteiger partial charge in [-0.25, -0.2) is 4.83 Å². The Morgan fingerprint density at radius 3 is 2.24 bits per heavy atom. The van der Waals surface area contributed by atoms with Crippen molar-refractivity contribution in [3.05, 3.63) is 65.7 Å². The SMILES string of the molecule is CC(C)C(C)NCc1ccc(C=NNS(=O)(=O)c2ccccc2)cc1. The van der Waals surface area contributed by atoms with Crippen molar-refractivity contribution in [1.29, 1.82) is 0 Å². The summed E-state index contributed by atoms with van der Waals surface area (Å²) in [5.41, 5.74) is 2.01. The Morgan fingerprint density at radius 2 is 1.64 bits per heavy atom. The maximum Gasteiger partial charge on any atom is 0.276 e. The van der Waals surface area contributed by atoms with Gasteiger partial charge in [-0.2, -0.15) is 13.5 Å². The smallest absolute Gasteiger partial charge is 0.276 e. The molecule has 6 heteroatoms. The van der Waals surface area contributed by atoms with Crippen LogP contribution in [0.3, 0.4) is 0 Å². The monoisotopic (exact) mass is 359 g/mol. The van der Waals surface area contributed by atoms with Crippen LogP contribution in [0.4, 0.5) is 0 Å². The standard InChI is InChI=1S/C19H25N3O2S/c1-15(2)16(3)20-13-17-9-11-18(12-10-17)14-21-22-25(23,24)19-7-5-4-6-8-19/h4-12,14-16,20,22H,13H2,1-3H3. The summed E-state index contributed by atoms with van der Waals surface area (Å²) in [6.07, 6.45) is 1.49. The van der Waals surface area contributed by atoms with Crippen molar-refractivity contribution in [3.63, 3.8) is 0 Å². The molecule has 134 valence electrons. The zero-order chi connectivity index (χ0) is 18.3. The average Bonchev–Trinajstić information content (AvgIpc) is 2.61. The van der Waals surface area contributed by atoms with Crippen LogP contribution >= 0.6 is 0 Å². The van der Waals surface area contributed by atoms with Gasteiger partial charge in [0, 0.05) is 12.6 Å². The largest absolute Gasteiger partial charge is 0.310 e. The Labute approximate surface area is 150 Å². The minimum absolute atomic E-state index is 0.188. The molecule has 1 unspecified atom stereocenters. The van der Waals surface area contributed by atoms with Crippen LogP contribution in [0.5, 0.6) is 0 Å². The molecule has 0 amide bonds. The molecule has 0 bridgehead atoms. The van der Waals surface area contributed by atoms with Gasteiger partial charge in [-0.05, 0) is 36.1 Å². The first-order chi connectivity index (χ1) is 11.9. The third-order valence-corrected chi connectivity index (χ3v) is 5.29. The Hall–Kier alpha value is -2.18. The molecule has 0 aromatic heterocycles. The number of nitrogens with one attached hydrogen (secondary N) is 2. The predicted octanol–water partition coefficient (Wildman–Crippen LogP) is 3.13. The molecule has 0 aliphatic heterocycles. The molecule has 0 aliphatic rings. The lowest BCUT2D eigenvalue weighted by Gasteiger charge is -2.17. The van der Waals surface area contributed by atoms with Crippen LogP contribution in [0.2, 0.25) is 0 Å². The second-order valence-electron chi connectivity index (χ2n) is 6.32. The van der Waals surface area contributed by atoms with Crippen LogP contribution in [0, 0.1) is 5.92 Å². The first kappa shape index (κ1) is 19.1. The third-order valence-electron chi connectivity index (χ3n) is 4.05. The fraction of sp³-hybridized carbons (Fsp3) is 0.316. The second-order valence-corrected chi connectivity index (χ2v) is 7.98. The van der Waals surface area contributed by atoms with Gasteiger partial charge < -0.3 is 5.32 Å². The molecular weight excluding hydrogens is 334 g/mol. The molecule has 0 spiro atoms. The lowest BCUT2D eigenvalue weighted by molar-refractivity contribution is 0.426. The summed E-state index contributed by atoms with van der Waals surface area (Å²) in [5, 5.41) is 7.31. The van der Waals surface area contributed by atoms with Gasteiger partial charge >= 0.3 is 0 Å². The third kappa shape index (κ3) is 5.99. The van der Waals surface area contributed by atoms with Crippen LogP contribution < -0.4 is 10.1 Å². The number of nitrogens with zero attached hydrogens (tertiary/aromatic N) is 1. The highest BCUT2D eigenvalue weighted by molar-refractivity contribution is 7.89. The Kier molecular flexibility index (Phi) is 6.73. The summed E-state index contributed by atoms with van der Waals surface area (Å²) in [6, 6.07) is 16.5. The minimum atomic E-state index is -3.62. The molecule has 1 atom stereocenters. The van der Waals surface area contributed by atoms with Gasteiger partial charge in [-0.3, -0.25) is 0 Å². The molecule has 2 aromatic rings. The van der Waals surface area contributed by atoms with Gasteiger partial charge in [0.25, 0.3) is 10.0 Å². The van der Waals surface area contributed by atoms with Gasteiger partial charge in [0.05, 0.1) is 11.1 Å². The lowest BCUT2D eigenvalue weighted by Crippen LogP contribution is -2.30. The van der Waals surface area contributed by atoms with Gasteiger partial charge in [0.15, 0.2) is 0 Å². The van der Waals surface area contributed by atoms with Crippen molar-refractivity contribution < 1.29 is 8.42 Å². The van der Waals surface area contributed by atoms with E-state index in [0.717, 1.165) is 12.1 Å². The molecule has 2 N–H and O–H groups in total. The van der Waals surface area contributed by atoms with Crippen molar-refractivity contribution in [2.45, 2.75) is 38.3 Å². The fourth-order valence-electron chi connectivity index (χ4n) is 2.06. The molecule has 2 rings (SSSR count). The molecule has 0 heterocycles. The van der Waals surface area contributed by atoms with E-state index in [-0.39, 0.29) is 4.90 Å². The Balaban J connectivity index is 1.91. The first-order valence-corrected chi connectivity index (χ1v) is 9.79. The summed E-state index contributed by atoms with van der Waals surface area (Å²) in [7, 11) is -3.62. The molecule has 0 aliphatic carbocycles. The number of benzene rings is 2. The van der Waals surface area contributed by atoms with Crippen LogP contribution in [0.1, 0.15) is 31.9 Å². The van der Waals surface area contributed by atoms with Crippen molar-refractivity contribution >= 4 is 16.2 Å². The minimum Gasteiger partial charge on any atom is -0.310 e. The Morgan fingerprint density at radius 1 is 1.00 bits per heavy atom. The zero-order valence-corrected chi connectivity index (χ0v) is 15.6. The number of rotatable bonds is 8. The summed E-state index contributed by atoms with van der Waals surface area (Å²) >= 11 is 0. The zero-order valence-electron chi connectivity index (χ0n) is 14.8. The molecule has 0 radical (unpaired) electrons. The molecule has 0 saturated carbocycles. The summed E-state index contributed by atoms with van der Waals surface area (Å²) in [5.74, 6) is 0.587.